The molecule has 4 saturated carbocycles. The molecule has 23 heavy (non-hydrogen) atoms. The van der Waals surface area contributed by atoms with Crippen molar-refractivity contribution in [1.29, 1.82) is 0 Å². The third-order valence-corrected chi connectivity index (χ3v) is 8.41. The van der Waals surface area contributed by atoms with Gasteiger partial charge in [-0.05, 0) is 48.9 Å². The van der Waals surface area contributed by atoms with E-state index in [1.807, 2.05) is 6.92 Å². The standard InChI is InChI=1S/C20H28O3/c1-11-15(21)7-9-20(3)14-6-8-19(2)13(4-5-17(19)23)12(14)10-16(22)18(11)20/h11-14,18H,4-10H2,1-3H3/t11-,12+,13+,14+,18-,19+,20-/m1/s1. The molecule has 0 aromatic carbocycles. The van der Waals surface area contributed by atoms with E-state index in [9.17, 15) is 14.4 Å². The maximum Gasteiger partial charge on any atom is 0.139 e. The maximum atomic E-state index is 13.0. The van der Waals surface area contributed by atoms with E-state index in [-0.39, 0.29) is 28.4 Å². The van der Waals surface area contributed by atoms with Crippen LogP contribution in [-0.4, -0.2) is 17.3 Å². The van der Waals surface area contributed by atoms with Crippen LogP contribution in [0.1, 0.15) is 65.7 Å². The van der Waals surface area contributed by atoms with Crippen LogP contribution in [0.4, 0.5) is 0 Å². The second-order valence-electron chi connectivity index (χ2n) is 9.20. The zero-order chi connectivity index (χ0) is 16.6. The number of carbonyl (C=O) groups excluding carboxylic acids is 3. The van der Waals surface area contributed by atoms with Crippen LogP contribution in [0.2, 0.25) is 0 Å². The highest BCUT2D eigenvalue weighted by Gasteiger charge is 2.63. The fourth-order valence-corrected chi connectivity index (χ4v) is 7.12. The molecule has 4 aliphatic rings. The summed E-state index contributed by atoms with van der Waals surface area (Å²) in [7, 11) is 0. The Morgan fingerprint density at radius 3 is 2.39 bits per heavy atom. The first-order valence-corrected chi connectivity index (χ1v) is 9.38. The van der Waals surface area contributed by atoms with E-state index in [4.69, 9.17) is 0 Å². The molecule has 4 rings (SSSR count). The number of Topliss-reactive ketones (excluding diaryl/α,β-unsaturated/α-hetero) is 3. The molecular formula is C20H28O3. The van der Waals surface area contributed by atoms with Crippen molar-refractivity contribution in [3.05, 3.63) is 0 Å². The van der Waals surface area contributed by atoms with Crippen LogP contribution >= 0.6 is 0 Å². The predicted octanol–water partition coefficient (Wildman–Crippen LogP) is 3.59. The molecule has 4 aliphatic carbocycles. The highest BCUT2D eigenvalue weighted by molar-refractivity contribution is 5.93. The summed E-state index contributed by atoms with van der Waals surface area (Å²) >= 11 is 0. The van der Waals surface area contributed by atoms with E-state index >= 15 is 0 Å². The van der Waals surface area contributed by atoms with Gasteiger partial charge in [-0.3, -0.25) is 14.4 Å². The lowest BCUT2D eigenvalue weighted by Crippen LogP contribution is -2.58. The van der Waals surface area contributed by atoms with Gasteiger partial charge in [0.1, 0.15) is 17.3 Å². The Bertz CT molecular complexity index is 594. The first kappa shape index (κ1) is 15.5. The molecule has 0 radical (unpaired) electrons. The molecule has 0 N–H and O–H groups in total. The number of hydrogen-bond donors (Lipinski definition) is 0. The number of ketones is 3. The molecule has 0 aliphatic heterocycles. The Kier molecular flexibility index (Phi) is 3.22. The van der Waals surface area contributed by atoms with Crippen LogP contribution in [0.25, 0.3) is 0 Å². The van der Waals surface area contributed by atoms with Gasteiger partial charge in [0.25, 0.3) is 0 Å². The lowest BCUT2D eigenvalue weighted by Gasteiger charge is -2.59. The molecule has 0 aromatic rings. The molecule has 3 nitrogen and oxygen atoms in total. The van der Waals surface area contributed by atoms with Crippen LogP contribution in [0.3, 0.4) is 0 Å². The smallest absolute Gasteiger partial charge is 0.139 e. The molecule has 0 saturated heterocycles. The molecule has 126 valence electrons. The van der Waals surface area contributed by atoms with Crippen molar-refractivity contribution < 1.29 is 14.4 Å². The average molecular weight is 316 g/mol. The molecule has 0 aromatic heterocycles. The number of carbonyl (C=O) groups is 3. The van der Waals surface area contributed by atoms with Crippen LogP contribution < -0.4 is 0 Å². The third kappa shape index (κ3) is 1.85. The lowest BCUT2D eigenvalue weighted by atomic mass is 9.43. The number of rotatable bonds is 0. The fraction of sp³-hybridized carbons (Fsp3) is 0.850. The Morgan fingerprint density at radius 2 is 1.65 bits per heavy atom. The molecule has 0 unspecified atom stereocenters. The van der Waals surface area contributed by atoms with E-state index in [1.54, 1.807) is 0 Å². The zero-order valence-electron chi connectivity index (χ0n) is 14.6. The van der Waals surface area contributed by atoms with Crippen molar-refractivity contribution in [1.82, 2.24) is 0 Å². The minimum absolute atomic E-state index is 0.0275. The summed E-state index contributed by atoms with van der Waals surface area (Å²) in [5.74, 6) is 2.09. The SMILES string of the molecule is C[C@@H]1C(=O)CC[C@]2(C)[C@H]3CC[C@]4(C)C(=O)CC[C@H]4[C@@H]3CC(=O)[C@@H]12. The normalized spacial score (nSPS) is 52.8. The van der Waals surface area contributed by atoms with Crippen molar-refractivity contribution in [2.75, 3.05) is 0 Å². The minimum atomic E-state index is -0.180. The van der Waals surface area contributed by atoms with Crippen molar-refractivity contribution in [2.24, 2.45) is 40.4 Å². The summed E-state index contributed by atoms with van der Waals surface area (Å²) in [4.78, 5) is 37.6. The van der Waals surface area contributed by atoms with E-state index in [1.165, 1.54) is 0 Å². The Hall–Kier alpha value is -0.990. The fourth-order valence-electron chi connectivity index (χ4n) is 7.12. The van der Waals surface area contributed by atoms with Crippen LogP contribution in [0.15, 0.2) is 0 Å². The lowest BCUT2D eigenvalue weighted by molar-refractivity contribution is -0.165. The van der Waals surface area contributed by atoms with Gasteiger partial charge in [-0.1, -0.05) is 20.8 Å². The van der Waals surface area contributed by atoms with Crippen molar-refractivity contribution in [3.63, 3.8) is 0 Å². The van der Waals surface area contributed by atoms with E-state index in [2.05, 4.69) is 13.8 Å². The highest BCUT2D eigenvalue weighted by Crippen LogP contribution is 2.65. The molecular weight excluding hydrogens is 288 g/mol. The molecule has 0 spiro atoms. The summed E-state index contributed by atoms with van der Waals surface area (Å²) in [5, 5.41) is 0. The maximum absolute atomic E-state index is 13.0. The Morgan fingerprint density at radius 1 is 0.913 bits per heavy atom. The molecule has 0 heterocycles. The molecule has 3 heteroatoms. The van der Waals surface area contributed by atoms with Gasteiger partial charge in [-0.25, -0.2) is 0 Å². The van der Waals surface area contributed by atoms with Crippen molar-refractivity contribution in [2.45, 2.75) is 65.7 Å². The molecule has 0 bridgehead atoms. The molecule has 7 atom stereocenters. The van der Waals surface area contributed by atoms with Gasteiger partial charge in [-0.15, -0.1) is 0 Å². The van der Waals surface area contributed by atoms with Gasteiger partial charge in [0, 0.05) is 36.5 Å². The summed E-state index contributed by atoms with van der Waals surface area (Å²) in [6.45, 7) is 6.39. The van der Waals surface area contributed by atoms with Gasteiger partial charge in [-0.2, -0.15) is 0 Å². The first-order valence-electron chi connectivity index (χ1n) is 9.38. The topological polar surface area (TPSA) is 51.2 Å². The predicted molar refractivity (Wildman–Crippen MR) is 86.7 cm³/mol. The van der Waals surface area contributed by atoms with E-state index < -0.39 is 0 Å². The minimum Gasteiger partial charge on any atom is -0.299 e. The second kappa shape index (κ2) is 4.77. The van der Waals surface area contributed by atoms with E-state index in [0.717, 1.165) is 25.7 Å². The summed E-state index contributed by atoms with van der Waals surface area (Å²) in [5.41, 5.74) is -0.207. The van der Waals surface area contributed by atoms with Crippen molar-refractivity contribution >= 4 is 17.3 Å². The summed E-state index contributed by atoms with van der Waals surface area (Å²) < 4.78 is 0. The Labute approximate surface area is 138 Å². The van der Waals surface area contributed by atoms with Gasteiger partial charge >= 0.3 is 0 Å². The van der Waals surface area contributed by atoms with Crippen LogP contribution in [0, 0.1) is 40.4 Å². The quantitative estimate of drug-likeness (QED) is 0.686. The number of fused-ring (bicyclic) bond motifs is 5. The van der Waals surface area contributed by atoms with Crippen LogP contribution in [-0.2, 0) is 14.4 Å². The highest BCUT2D eigenvalue weighted by atomic mass is 16.1. The second-order valence-corrected chi connectivity index (χ2v) is 9.20. The largest absolute Gasteiger partial charge is 0.299 e. The molecule has 4 fully saturated rings. The number of hydrogen-bond acceptors (Lipinski definition) is 3. The first-order chi connectivity index (χ1) is 10.8. The average Bonchev–Trinajstić information content (AvgIpc) is 2.79. The van der Waals surface area contributed by atoms with E-state index in [0.29, 0.717) is 48.6 Å². The monoisotopic (exact) mass is 316 g/mol. The van der Waals surface area contributed by atoms with Gasteiger partial charge in [0.15, 0.2) is 0 Å². The van der Waals surface area contributed by atoms with Crippen molar-refractivity contribution in [3.8, 4) is 0 Å². The van der Waals surface area contributed by atoms with Gasteiger partial charge < -0.3 is 0 Å². The van der Waals surface area contributed by atoms with Gasteiger partial charge in [0.05, 0.1) is 0 Å². The summed E-state index contributed by atoms with van der Waals surface area (Å²) in [6.07, 6.45) is 5.82. The van der Waals surface area contributed by atoms with Gasteiger partial charge in [0.2, 0.25) is 0 Å². The molecule has 0 amide bonds. The Balaban J connectivity index is 1.73. The van der Waals surface area contributed by atoms with Crippen LogP contribution in [0.5, 0.6) is 0 Å². The zero-order valence-corrected chi connectivity index (χ0v) is 14.6. The summed E-state index contributed by atoms with van der Waals surface area (Å²) in [6, 6.07) is 0. The third-order valence-electron chi connectivity index (χ3n) is 8.41.